The van der Waals surface area contributed by atoms with Crippen molar-refractivity contribution in [2.45, 2.75) is 25.8 Å². The summed E-state index contributed by atoms with van der Waals surface area (Å²) in [6.07, 6.45) is 2.45. The van der Waals surface area contributed by atoms with E-state index in [0.717, 1.165) is 6.54 Å². The van der Waals surface area contributed by atoms with Crippen molar-refractivity contribution in [3.05, 3.63) is 0 Å². The van der Waals surface area contributed by atoms with E-state index in [4.69, 9.17) is 0 Å². The Bertz CT molecular complexity index is 81.0. The van der Waals surface area contributed by atoms with Gasteiger partial charge in [-0.1, -0.05) is 6.92 Å². The average molecular weight is 131 g/mol. The van der Waals surface area contributed by atoms with Crippen LogP contribution in [0.25, 0.3) is 0 Å². The van der Waals surface area contributed by atoms with Crippen molar-refractivity contribution >= 4 is 0 Å². The molecule has 1 atom stereocenters. The predicted molar refractivity (Wildman–Crippen MR) is 36.2 cm³/mol. The third-order valence-corrected chi connectivity index (χ3v) is 1.82. The molecular formula is C7H14FN. The quantitative estimate of drug-likeness (QED) is 0.607. The molecule has 0 aromatic rings. The van der Waals surface area contributed by atoms with Crippen molar-refractivity contribution in [3.8, 4) is 0 Å². The van der Waals surface area contributed by atoms with Gasteiger partial charge in [0.05, 0.1) is 0 Å². The Balaban J connectivity index is 2.12. The van der Waals surface area contributed by atoms with Gasteiger partial charge in [-0.15, -0.1) is 0 Å². The van der Waals surface area contributed by atoms with E-state index in [9.17, 15) is 4.39 Å². The monoisotopic (exact) mass is 131 g/mol. The van der Waals surface area contributed by atoms with Crippen molar-refractivity contribution < 1.29 is 4.39 Å². The molecule has 0 radical (unpaired) electrons. The van der Waals surface area contributed by atoms with Crippen LogP contribution in [0.5, 0.6) is 0 Å². The Labute approximate surface area is 55.6 Å². The van der Waals surface area contributed by atoms with Crippen molar-refractivity contribution in [2.75, 3.05) is 13.2 Å². The lowest BCUT2D eigenvalue weighted by Gasteiger charge is -2.11. The minimum Gasteiger partial charge on any atom is -0.311 e. The fourth-order valence-corrected chi connectivity index (χ4v) is 1.11. The molecule has 1 unspecified atom stereocenters. The first kappa shape index (κ1) is 7.00. The Morgan fingerprint density at radius 2 is 2.33 bits per heavy atom. The molecule has 0 amide bonds. The lowest BCUT2D eigenvalue weighted by molar-refractivity contribution is 0.351. The largest absolute Gasteiger partial charge is 0.311 e. The van der Waals surface area contributed by atoms with Crippen LogP contribution in [-0.4, -0.2) is 19.3 Å². The first-order valence-electron chi connectivity index (χ1n) is 3.67. The lowest BCUT2D eigenvalue weighted by atomic mass is 10.2. The molecule has 0 aromatic heterocycles. The molecule has 0 spiro atoms. The zero-order chi connectivity index (χ0) is 6.69. The van der Waals surface area contributed by atoms with Gasteiger partial charge in [0.1, 0.15) is 6.67 Å². The predicted octanol–water partition coefficient (Wildman–Crippen LogP) is 1.34. The maximum Gasteiger partial charge on any atom is 0.105 e. The van der Waals surface area contributed by atoms with Gasteiger partial charge in [-0.2, -0.15) is 0 Å². The summed E-state index contributed by atoms with van der Waals surface area (Å²) >= 11 is 0. The van der Waals surface area contributed by atoms with Crippen LogP contribution in [-0.2, 0) is 0 Å². The van der Waals surface area contributed by atoms with Crippen LogP contribution in [0, 0.1) is 5.92 Å². The highest BCUT2D eigenvalue weighted by Gasteiger charge is 2.30. The third kappa shape index (κ3) is 1.94. The van der Waals surface area contributed by atoms with Gasteiger partial charge in [0, 0.05) is 6.04 Å². The Morgan fingerprint density at radius 3 is 2.67 bits per heavy atom. The second-order valence-corrected chi connectivity index (χ2v) is 2.66. The SMILES string of the molecule is CCNC(CF)C1CC1. The summed E-state index contributed by atoms with van der Waals surface area (Å²) in [6.45, 7) is 2.72. The van der Waals surface area contributed by atoms with E-state index in [1.54, 1.807) is 0 Å². The van der Waals surface area contributed by atoms with E-state index >= 15 is 0 Å². The maximum absolute atomic E-state index is 12.1. The second-order valence-electron chi connectivity index (χ2n) is 2.66. The van der Waals surface area contributed by atoms with Gasteiger partial charge in [0.2, 0.25) is 0 Å². The summed E-state index contributed by atoms with van der Waals surface area (Å²) in [5.74, 6) is 0.648. The summed E-state index contributed by atoms with van der Waals surface area (Å²) < 4.78 is 12.1. The number of alkyl halides is 1. The fourth-order valence-electron chi connectivity index (χ4n) is 1.11. The highest BCUT2D eigenvalue weighted by molar-refractivity contribution is 4.85. The van der Waals surface area contributed by atoms with Crippen LogP contribution in [0.1, 0.15) is 19.8 Å². The second kappa shape index (κ2) is 3.16. The van der Waals surface area contributed by atoms with Crippen molar-refractivity contribution in [1.82, 2.24) is 5.32 Å². The van der Waals surface area contributed by atoms with Crippen LogP contribution in [0.15, 0.2) is 0 Å². The molecule has 2 heteroatoms. The molecule has 1 aliphatic rings. The minimum atomic E-state index is -0.196. The molecule has 1 fully saturated rings. The highest BCUT2D eigenvalue weighted by Crippen LogP contribution is 2.32. The molecule has 1 rings (SSSR count). The molecule has 1 saturated carbocycles. The molecule has 0 heterocycles. The van der Waals surface area contributed by atoms with Gasteiger partial charge in [0.25, 0.3) is 0 Å². The zero-order valence-electron chi connectivity index (χ0n) is 5.86. The minimum absolute atomic E-state index is 0.162. The molecule has 0 aromatic carbocycles. The summed E-state index contributed by atoms with van der Waals surface area (Å²) in [5, 5.41) is 3.12. The smallest absolute Gasteiger partial charge is 0.105 e. The molecular weight excluding hydrogens is 117 g/mol. The van der Waals surface area contributed by atoms with E-state index in [-0.39, 0.29) is 12.7 Å². The normalized spacial score (nSPS) is 22.0. The molecule has 0 bridgehead atoms. The van der Waals surface area contributed by atoms with Crippen molar-refractivity contribution in [2.24, 2.45) is 5.92 Å². The molecule has 1 nitrogen and oxygen atoms in total. The van der Waals surface area contributed by atoms with E-state index in [1.807, 2.05) is 6.92 Å². The van der Waals surface area contributed by atoms with Gasteiger partial charge >= 0.3 is 0 Å². The fraction of sp³-hybridized carbons (Fsp3) is 1.00. The van der Waals surface area contributed by atoms with E-state index in [2.05, 4.69) is 5.32 Å². The third-order valence-electron chi connectivity index (χ3n) is 1.82. The molecule has 0 aliphatic heterocycles. The molecule has 9 heavy (non-hydrogen) atoms. The number of hydrogen-bond donors (Lipinski definition) is 1. The number of nitrogens with one attached hydrogen (secondary N) is 1. The van der Waals surface area contributed by atoms with Crippen molar-refractivity contribution in [3.63, 3.8) is 0 Å². The number of hydrogen-bond acceptors (Lipinski definition) is 1. The lowest BCUT2D eigenvalue weighted by Crippen LogP contribution is -2.32. The van der Waals surface area contributed by atoms with E-state index in [0.29, 0.717) is 5.92 Å². The first-order valence-corrected chi connectivity index (χ1v) is 3.67. The van der Waals surface area contributed by atoms with E-state index in [1.165, 1.54) is 12.8 Å². The molecule has 1 aliphatic carbocycles. The first-order chi connectivity index (χ1) is 4.38. The highest BCUT2D eigenvalue weighted by atomic mass is 19.1. The zero-order valence-corrected chi connectivity index (χ0v) is 5.86. The Kier molecular flexibility index (Phi) is 2.46. The van der Waals surface area contributed by atoms with Gasteiger partial charge < -0.3 is 5.32 Å². The average Bonchev–Trinajstić information content (AvgIpc) is 2.64. The van der Waals surface area contributed by atoms with E-state index < -0.39 is 0 Å². The van der Waals surface area contributed by atoms with Crippen LogP contribution in [0.3, 0.4) is 0 Å². The summed E-state index contributed by atoms with van der Waals surface area (Å²) in [7, 11) is 0. The van der Waals surface area contributed by atoms with Crippen LogP contribution in [0.4, 0.5) is 4.39 Å². The Hall–Kier alpha value is -0.110. The van der Waals surface area contributed by atoms with Gasteiger partial charge in [-0.25, -0.2) is 4.39 Å². The summed E-state index contributed by atoms with van der Waals surface area (Å²) in [5.41, 5.74) is 0. The van der Waals surface area contributed by atoms with Crippen LogP contribution < -0.4 is 5.32 Å². The summed E-state index contributed by atoms with van der Waals surface area (Å²) in [6, 6.07) is 0.162. The van der Waals surface area contributed by atoms with Gasteiger partial charge in [-0.3, -0.25) is 0 Å². The van der Waals surface area contributed by atoms with Crippen LogP contribution in [0.2, 0.25) is 0 Å². The van der Waals surface area contributed by atoms with Crippen LogP contribution >= 0.6 is 0 Å². The molecule has 0 saturated heterocycles. The standard InChI is InChI=1S/C7H14FN/c1-2-9-7(5-8)6-3-4-6/h6-7,9H,2-5H2,1H3. The Morgan fingerprint density at radius 1 is 1.67 bits per heavy atom. The maximum atomic E-state index is 12.1. The number of rotatable bonds is 4. The van der Waals surface area contributed by atoms with Gasteiger partial charge in [-0.05, 0) is 25.3 Å². The number of halogens is 1. The summed E-state index contributed by atoms with van der Waals surface area (Å²) in [4.78, 5) is 0. The molecule has 54 valence electrons. The van der Waals surface area contributed by atoms with Crippen molar-refractivity contribution in [1.29, 1.82) is 0 Å². The van der Waals surface area contributed by atoms with Gasteiger partial charge in [0.15, 0.2) is 0 Å². The molecule has 1 N–H and O–H groups in total. The topological polar surface area (TPSA) is 12.0 Å².